The molecule has 220 valence electrons. The van der Waals surface area contributed by atoms with E-state index in [4.69, 9.17) is 0 Å². The molecule has 1 unspecified atom stereocenters. The number of rotatable bonds is 2. The van der Waals surface area contributed by atoms with Gasteiger partial charge < -0.3 is 10.2 Å². The van der Waals surface area contributed by atoms with Crippen LogP contribution in [-0.4, -0.2) is 81.1 Å². The number of carbonyl (C=O) groups is 2. The van der Waals surface area contributed by atoms with E-state index in [2.05, 4.69) is 10.4 Å². The van der Waals surface area contributed by atoms with Crippen LogP contribution in [-0.2, 0) is 48.8 Å². The standard InChI is InChI=1S/C27H35N7O6S/c1-30-17-8-10-22-19(15-17)24(29-33(22)4)25(36)28-12-6-14-34(13-5-7-23(30)35)41(39,40)18-9-11-21-20(16-18)26(37)32(3)27(38)31(21)2/h9,11,16-17H,5-8,10,12-15H2,1-4H3,(H,28,36). The number of aromatic nitrogens is 4. The minimum Gasteiger partial charge on any atom is -0.351 e. The topological polar surface area (TPSA) is 149 Å². The van der Waals surface area contributed by atoms with Gasteiger partial charge in [0.25, 0.3) is 11.5 Å². The molecule has 13 nitrogen and oxygen atoms in total. The smallest absolute Gasteiger partial charge is 0.330 e. The molecule has 1 aromatic carbocycles. The van der Waals surface area contributed by atoms with Crippen LogP contribution < -0.4 is 16.6 Å². The van der Waals surface area contributed by atoms with Crippen molar-refractivity contribution in [3.05, 3.63) is 56.0 Å². The lowest BCUT2D eigenvalue weighted by Gasteiger charge is -2.32. The first-order valence-corrected chi connectivity index (χ1v) is 15.1. The van der Waals surface area contributed by atoms with Gasteiger partial charge in [0.2, 0.25) is 15.9 Å². The summed E-state index contributed by atoms with van der Waals surface area (Å²) in [6, 6.07) is 4.06. The SMILES string of the molecule is CN1C(=O)CCCN(S(=O)(=O)c2ccc3c(c2)c(=O)n(C)c(=O)n3C)CCCNC(=O)c2nn(C)c3c2CC1CC3. The summed E-state index contributed by atoms with van der Waals surface area (Å²) in [4.78, 5) is 52.9. The molecule has 2 aromatic heterocycles. The van der Waals surface area contributed by atoms with Gasteiger partial charge >= 0.3 is 5.69 Å². The first-order valence-electron chi connectivity index (χ1n) is 13.7. The highest BCUT2D eigenvalue weighted by molar-refractivity contribution is 7.89. The number of sulfonamides is 1. The molecule has 1 N–H and O–H groups in total. The Morgan fingerprint density at radius 2 is 1.68 bits per heavy atom. The zero-order valence-corrected chi connectivity index (χ0v) is 24.5. The Bertz CT molecular complexity index is 1770. The number of benzene rings is 1. The fourth-order valence-electron chi connectivity index (χ4n) is 5.85. The maximum atomic E-state index is 13.8. The van der Waals surface area contributed by atoms with E-state index in [1.54, 1.807) is 16.6 Å². The van der Waals surface area contributed by atoms with Crippen LogP contribution >= 0.6 is 0 Å². The fourth-order valence-corrected chi connectivity index (χ4v) is 7.39. The van der Waals surface area contributed by atoms with Gasteiger partial charge in [-0.1, -0.05) is 0 Å². The lowest BCUT2D eigenvalue weighted by Crippen LogP contribution is -2.41. The van der Waals surface area contributed by atoms with E-state index in [-0.39, 0.29) is 54.2 Å². The molecule has 1 aliphatic carbocycles. The first-order chi connectivity index (χ1) is 19.4. The molecule has 0 spiro atoms. The van der Waals surface area contributed by atoms with E-state index in [1.807, 2.05) is 7.05 Å². The molecule has 3 aromatic rings. The Balaban J connectivity index is 1.45. The van der Waals surface area contributed by atoms with E-state index in [0.717, 1.165) is 22.2 Å². The molecular formula is C27H35N7O6S. The van der Waals surface area contributed by atoms with Crippen molar-refractivity contribution in [3.8, 4) is 0 Å². The Morgan fingerprint density at radius 1 is 0.951 bits per heavy atom. The summed E-state index contributed by atoms with van der Waals surface area (Å²) in [5, 5.41) is 7.44. The number of carbonyl (C=O) groups excluding carboxylic acids is 2. The quantitative estimate of drug-likeness (QED) is 0.441. The minimum atomic E-state index is -4.07. The zero-order valence-electron chi connectivity index (χ0n) is 23.7. The van der Waals surface area contributed by atoms with Crippen LogP contribution in [0.4, 0.5) is 0 Å². The van der Waals surface area contributed by atoms with Crippen LogP contribution in [0, 0.1) is 0 Å². The molecule has 0 fully saturated rings. The van der Waals surface area contributed by atoms with Gasteiger partial charge in [0.1, 0.15) is 0 Å². The second-order valence-corrected chi connectivity index (χ2v) is 12.7. The van der Waals surface area contributed by atoms with Crippen LogP contribution in [0.1, 0.15) is 47.4 Å². The highest BCUT2D eigenvalue weighted by Gasteiger charge is 2.32. The number of amides is 2. The monoisotopic (exact) mass is 585 g/mol. The number of hydrogen-bond acceptors (Lipinski definition) is 7. The van der Waals surface area contributed by atoms with Crippen LogP contribution in [0.15, 0.2) is 32.7 Å². The molecule has 2 aliphatic rings. The van der Waals surface area contributed by atoms with Gasteiger partial charge in [-0.05, 0) is 50.3 Å². The minimum absolute atomic E-state index is 0.0770. The average molecular weight is 586 g/mol. The van der Waals surface area contributed by atoms with Gasteiger partial charge in [-0.2, -0.15) is 9.40 Å². The van der Waals surface area contributed by atoms with E-state index in [1.165, 1.54) is 41.2 Å². The summed E-state index contributed by atoms with van der Waals surface area (Å²) >= 11 is 0. The number of hydrogen-bond donors (Lipinski definition) is 1. The number of aryl methyl sites for hydroxylation is 2. The number of fused-ring (bicyclic) bond motifs is 2. The predicted molar refractivity (Wildman–Crippen MR) is 151 cm³/mol. The molecule has 0 saturated carbocycles. The third-order valence-electron chi connectivity index (χ3n) is 8.33. The highest BCUT2D eigenvalue weighted by atomic mass is 32.2. The summed E-state index contributed by atoms with van der Waals surface area (Å²) in [5.41, 5.74) is 1.44. The summed E-state index contributed by atoms with van der Waals surface area (Å²) in [5.74, 6) is -0.410. The predicted octanol–water partition coefficient (Wildman–Crippen LogP) is -0.109. The van der Waals surface area contributed by atoms with Crippen molar-refractivity contribution < 1.29 is 18.0 Å². The third kappa shape index (κ3) is 5.10. The lowest BCUT2D eigenvalue weighted by molar-refractivity contribution is -0.132. The molecule has 2 amide bonds. The number of nitrogens with one attached hydrogen (secondary N) is 1. The molecule has 3 heterocycles. The molecule has 1 atom stereocenters. The number of likely N-dealkylation sites (N-methyl/N-ethyl adjacent to an activating group) is 1. The molecule has 41 heavy (non-hydrogen) atoms. The summed E-state index contributed by atoms with van der Waals surface area (Å²) in [6.07, 6.45) is 2.83. The summed E-state index contributed by atoms with van der Waals surface area (Å²) in [7, 11) is 2.36. The Hall–Kier alpha value is -3.78. The van der Waals surface area contributed by atoms with Crippen LogP contribution in [0.3, 0.4) is 0 Å². The van der Waals surface area contributed by atoms with Crippen LogP contribution in [0.2, 0.25) is 0 Å². The Morgan fingerprint density at radius 3 is 2.44 bits per heavy atom. The van der Waals surface area contributed by atoms with Crippen molar-refractivity contribution >= 4 is 32.7 Å². The maximum Gasteiger partial charge on any atom is 0.330 e. The van der Waals surface area contributed by atoms with Crippen molar-refractivity contribution in [2.24, 2.45) is 21.1 Å². The van der Waals surface area contributed by atoms with Gasteiger partial charge in [0.15, 0.2) is 5.69 Å². The van der Waals surface area contributed by atoms with Gasteiger partial charge in [-0.25, -0.2) is 13.2 Å². The third-order valence-corrected chi connectivity index (χ3v) is 10.2. The molecule has 0 saturated heterocycles. The molecule has 2 bridgehead atoms. The molecular weight excluding hydrogens is 550 g/mol. The lowest BCUT2D eigenvalue weighted by atomic mass is 9.90. The van der Waals surface area contributed by atoms with Gasteiger partial charge in [-0.15, -0.1) is 0 Å². The molecule has 5 rings (SSSR count). The Kier molecular flexibility index (Phi) is 7.64. The normalized spacial score (nSPS) is 19.6. The molecule has 14 heteroatoms. The van der Waals surface area contributed by atoms with E-state index >= 15 is 0 Å². The average Bonchev–Trinajstić information content (AvgIpc) is 3.30. The van der Waals surface area contributed by atoms with E-state index < -0.39 is 21.3 Å². The Labute approximate surface area is 237 Å². The largest absolute Gasteiger partial charge is 0.351 e. The number of nitrogens with zero attached hydrogens (tertiary/aromatic N) is 6. The van der Waals surface area contributed by atoms with Crippen molar-refractivity contribution in [2.75, 3.05) is 26.7 Å². The van der Waals surface area contributed by atoms with Crippen LogP contribution in [0.25, 0.3) is 10.9 Å². The van der Waals surface area contributed by atoms with Crippen molar-refractivity contribution in [3.63, 3.8) is 0 Å². The second kappa shape index (κ2) is 10.9. The van der Waals surface area contributed by atoms with Gasteiger partial charge in [0.05, 0.1) is 15.8 Å². The highest BCUT2D eigenvalue weighted by Crippen LogP contribution is 2.27. The van der Waals surface area contributed by atoms with Crippen molar-refractivity contribution in [1.82, 2.24) is 33.4 Å². The van der Waals surface area contributed by atoms with Gasteiger partial charge in [-0.3, -0.25) is 28.2 Å². The molecule has 1 aliphatic heterocycles. The zero-order chi connectivity index (χ0) is 29.6. The van der Waals surface area contributed by atoms with Crippen LogP contribution in [0.5, 0.6) is 0 Å². The summed E-state index contributed by atoms with van der Waals surface area (Å²) < 4.78 is 32.9. The fraction of sp³-hybridized carbons (Fsp3) is 0.519. The van der Waals surface area contributed by atoms with Crippen molar-refractivity contribution in [1.29, 1.82) is 0 Å². The van der Waals surface area contributed by atoms with Gasteiger partial charge in [0, 0.05) is 71.5 Å². The summed E-state index contributed by atoms with van der Waals surface area (Å²) in [6.45, 7) is 0.425. The molecule has 0 radical (unpaired) electrons. The first kappa shape index (κ1) is 28.7. The van der Waals surface area contributed by atoms with E-state index in [0.29, 0.717) is 36.9 Å². The second-order valence-electron chi connectivity index (χ2n) is 10.8. The maximum absolute atomic E-state index is 13.8. The van der Waals surface area contributed by atoms with E-state index in [9.17, 15) is 27.6 Å². The van der Waals surface area contributed by atoms with Crippen molar-refractivity contribution in [2.45, 2.75) is 49.5 Å².